The molecule has 2 aliphatic rings. The summed E-state index contributed by atoms with van der Waals surface area (Å²) in [5, 5.41) is 4.77. The molecule has 5 heteroatoms. The van der Waals surface area contributed by atoms with Crippen molar-refractivity contribution in [1.29, 1.82) is 0 Å². The molecule has 0 unspecified atom stereocenters. The molecule has 4 rings (SSSR count). The van der Waals surface area contributed by atoms with Crippen molar-refractivity contribution in [1.82, 2.24) is 9.78 Å². The van der Waals surface area contributed by atoms with Gasteiger partial charge in [0.25, 0.3) is 5.91 Å². The van der Waals surface area contributed by atoms with Gasteiger partial charge in [0.2, 0.25) is 0 Å². The molecule has 1 heterocycles. The van der Waals surface area contributed by atoms with E-state index in [4.69, 9.17) is 10.8 Å². The fraction of sp³-hybridized carbons (Fsp3) is 0.583. The maximum Gasteiger partial charge on any atom is 0.251 e. The Hall–Kier alpha value is -2.17. The highest BCUT2D eigenvalue weighted by Gasteiger charge is 2.31. The number of aryl methyl sites for hydroxylation is 1. The van der Waals surface area contributed by atoms with Gasteiger partial charge in [0.15, 0.2) is 0 Å². The van der Waals surface area contributed by atoms with Crippen LogP contribution in [-0.2, 0) is 19.3 Å². The summed E-state index contributed by atoms with van der Waals surface area (Å²) in [5.74, 6) is -0.721. The number of nitrogens with two attached hydrogens (primary N) is 1. The molecule has 1 fully saturated rings. The number of fused-ring (bicyclic) bond motifs is 1. The molecule has 0 spiro atoms. The summed E-state index contributed by atoms with van der Waals surface area (Å²) >= 11 is 0. The number of amides is 1. The Bertz CT molecular complexity index is 938. The average Bonchev–Trinajstić information content (AvgIpc) is 2.96. The Labute approximate surface area is 172 Å². The number of primary amides is 1. The van der Waals surface area contributed by atoms with E-state index in [1.54, 1.807) is 0 Å². The van der Waals surface area contributed by atoms with E-state index in [2.05, 4.69) is 13.8 Å². The van der Waals surface area contributed by atoms with Crippen molar-refractivity contribution in [2.24, 2.45) is 17.1 Å². The molecule has 1 saturated carbocycles. The van der Waals surface area contributed by atoms with Gasteiger partial charge in [0.1, 0.15) is 5.82 Å². The lowest BCUT2D eigenvalue weighted by atomic mass is 9.76. The van der Waals surface area contributed by atoms with Gasteiger partial charge in [-0.15, -0.1) is 0 Å². The lowest BCUT2D eigenvalue weighted by Gasteiger charge is -2.30. The molecule has 1 aromatic heterocycles. The van der Waals surface area contributed by atoms with Crippen LogP contribution >= 0.6 is 0 Å². The summed E-state index contributed by atoms with van der Waals surface area (Å²) in [7, 11) is 0. The molecule has 156 valence electrons. The number of nitrogens with zero attached hydrogens (tertiary/aromatic N) is 2. The number of rotatable bonds is 4. The van der Waals surface area contributed by atoms with Crippen LogP contribution in [0.1, 0.15) is 85.2 Å². The Morgan fingerprint density at radius 3 is 2.69 bits per heavy atom. The molecule has 29 heavy (non-hydrogen) atoms. The number of carbonyl (C=O) groups excluding carboxylic acids is 1. The van der Waals surface area contributed by atoms with E-state index in [0.717, 1.165) is 43.4 Å². The zero-order chi connectivity index (χ0) is 20.8. The highest BCUT2D eigenvalue weighted by molar-refractivity contribution is 5.95. The number of aromatic nitrogens is 2. The smallest absolute Gasteiger partial charge is 0.251 e. The van der Waals surface area contributed by atoms with Crippen LogP contribution in [0.25, 0.3) is 5.69 Å². The third-order valence-electron chi connectivity index (χ3n) is 6.87. The summed E-state index contributed by atoms with van der Waals surface area (Å²) in [5.41, 5.74) is 10.7. The molecular weight excluding hydrogens is 365 g/mol. The first-order chi connectivity index (χ1) is 13.7. The van der Waals surface area contributed by atoms with Crippen LogP contribution in [0, 0.1) is 24.1 Å². The molecular formula is C24H32FN3O. The standard InChI is InChI=1S/C24H32FN3O/c1-15-19-9-10-24(2,3)14-21(19)28(27-15)18-12-17(11-16-7-5-4-6-8-16)22(23(26)29)20(25)13-18/h12-13,16H,4-11,14H2,1-3H3,(H2,26,29). The lowest BCUT2D eigenvalue weighted by Crippen LogP contribution is -2.24. The molecule has 4 nitrogen and oxygen atoms in total. The van der Waals surface area contributed by atoms with Gasteiger partial charge in [-0.2, -0.15) is 5.10 Å². The maximum absolute atomic E-state index is 15.1. The summed E-state index contributed by atoms with van der Waals surface area (Å²) in [6.45, 7) is 6.58. The third kappa shape index (κ3) is 3.96. The van der Waals surface area contributed by atoms with Crippen LogP contribution in [0.2, 0.25) is 0 Å². The molecule has 2 aliphatic carbocycles. The van der Waals surface area contributed by atoms with Gasteiger partial charge in [-0.3, -0.25) is 4.79 Å². The molecule has 0 atom stereocenters. The summed E-state index contributed by atoms with van der Waals surface area (Å²) in [6, 6.07) is 3.38. The quantitative estimate of drug-likeness (QED) is 0.784. The first-order valence-corrected chi connectivity index (χ1v) is 10.9. The van der Waals surface area contributed by atoms with Crippen LogP contribution in [-0.4, -0.2) is 15.7 Å². The first-order valence-electron chi connectivity index (χ1n) is 10.9. The molecule has 1 amide bonds. The third-order valence-corrected chi connectivity index (χ3v) is 6.87. The van der Waals surface area contributed by atoms with E-state index in [-0.39, 0.29) is 11.0 Å². The van der Waals surface area contributed by atoms with Crippen LogP contribution < -0.4 is 5.73 Å². The van der Waals surface area contributed by atoms with Crippen molar-refractivity contribution in [3.63, 3.8) is 0 Å². The molecule has 0 aliphatic heterocycles. The predicted octanol–water partition coefficient (Wildman–Crippen LogP) is 5.06. The molecule has 0 bridgehead atoms. The van der Waals surface area contributed by atoms with Crippen molar-refractivity contribution in [2.75, 3.05) is 0 Å². The minimum absolute atomic E-state index is 0.0531. The fourth-order valence-electron chi connectivity index (χ4n) is 5.24. The molecule has 0 saturated heterocycles. The predicted molar refractivity (Wildman–Crippen MR) is 113 cm³/mol. The minimum atomic E-state index is -0.681. The van der Waals surface area contributed by atoms with Crippen LogP contribution in [0.5, 0.6) is 0 Å². The van der Waals surface area contributed by atoms with Gasteiger partial charge < -0.3 is 5.73 Å². The summed E-state index contributed by atoms with van der Waals surface area (Å²) in [4.78, 5) is 12.0. The first kappa shape index (κ1) is 20.1. The number of halogens is 1. The number of hydrogen-bond donors (Lipinski definition) is 1. The van der Waals surface area contributed by atoms with E-state index < -0.39 is 11.7 Å². The summed E-state index contributed by atoms with van der Waals surface area (Å²) < 4.78 is 17.0. The monoisotopic (exact) mass is 397 g/mol. The van der Waals surface area contributed by atoms with Crippen LogP contribution in [0.4, 0.5) is 4.39 Å². The van der Waals surface area contributed by atoms with E-state index in [0.29, 0.717) is 18.0 Å². The highest BCUT2D eigenvalue weighted by atomic mass is 19.1. The molecule has 2 aromatic rings. The van der Waals surface area contributed by atoms with Gasteiger partial charge in [-0.25, -0.2) is 9.07 Å². The van der Waals surface area contributed by atoms with E-state index in [1.807, 2.05) is 17.7 Å². The van der Waals surface area contributed by atoms with Crippen molar-refractivity contribution >= 4 is 5.91 Å². The van der Waals surface area contributed by atoms with Gasteiger partial charge in [0.05, 0.1) is 16.9 Å². The van der Waals surface area contributed by atoms with E-state index in [9.17, 15) is 4.79 Å². The maximum atomic E-state index is 15.1. The second-order valence-electron chi connectivity index (χ2n) is 9.80. The topological polar surface area (TPSA) is 60.9 Å². The number of carbonyl (C=O) groups is 1. The van der Waals surface area contributed by atoms with Crippen LogP contribution in [0.3, 0.4) is 0 Å². The van der Waals surface area contributed by atoms with Crippen LogP contribution in [0.15, 0.2) is 12.1 Å². The Morgan fingerprint density at radius 1 is 1.28 bits per heavy atom. The molecule has 2 N–H and O–H groups in total. The lowest BCUT2D eigenvalue weighted by molar-refractivity contribution is 0.0995. The van der Waals surface area contributed by atoms with Crippen molar-refractivity contribution < 1.29 is 9.18 Å². The molecule has 1 aromatic carbocycles. The summed E-state index contributed by atoms with van der Waals surface area (Å²) in [6.07, 6.45) is 9.71. The average molecular weight is 398 g/mol. The zero-order valence-electron chi connectivity index (χ0n) is 17.9. The van der Waals surface area contributed by atoms with Crippen molar-refractivity contribution in [3.8, 4) is 5.69 Å². The number of hydrogen-bond acceptors (Lipinski definition) is 2. The highest BCUT2D eigenvalue weighted by Crippen LogP contribution is 2.37. The van der Waals surface area contributed by atoms with Gasteiger partial charge >= 0.3 is 0 Å². The SMILES string of the molecule is Cc1nn(-c2cc(F)c(C(N)=O)c(CC3CCCCC3)c2)c2c1CCC(C)(C)C2. The second-order valence-corrected chi connectivity index (χ2v) is 9.80. The zero-order valence-corrected chi connectivity index (χ0v) is 17.9. The molecule has 0 radical (unpaired) electrons. The normalized spacial score (nSPS) is 19.2. The second kappa shape index (κ2) is 7.58. The van der Waals surface area contributed by atoms with Crippen molar-refractivity contribution in [3.05, 3.63) is 46.0 Å². The largest absolute Gasteiger partial charge is 0.365 e. The van der Waals surface area contributed by atoms with Gasteiger partial charge in [-0.05, 0) is 61.1 Å². The van der Waals surface area contributed by atoms with Gasteiger partial charge in [0, 0.05) is 11.8 Å². The fourth-order valence-corrected chi connectivity index (χ4v) is 5.24. The number of benzene rings is 1. The Balaban J connectivity index is 1.78. The van der Waals surface area contributed by atoms with Crippen molar-refractivity contribution in [2.45, 2.75) is 78.6 Å². The van der Waals surface area contributed by atoms with E-state index in [1.165, 1.54) is 36.6 Å². The Morgan fingerprint density at radius 2 is 2.00 bits per heavy atom. The minimum Gasteiger partial charge on any atom is -0.365 e. The Kier molecular flexibility index (Phi) is 5.26. The van der Waals surface area contributed by atoms with E-state index >= 15 is 4.39 Å². The van der Waals surface area contributed by atoms with Gasteiger partial charge in [-0.1, -0.05) is 46.0 Å².